The molecule has 6 saturated heterocycles. The third-order valence-electron chi connectivity index (χ3n) is 17.6. The summed E-state index contributed by atoms with van der Waals surface area (Å²) < 4.78 is 63.7. The fourth-order valence-corrected chi connectivity index (χ4v) is 14.0. The van der Waals surface area contributed by atoms with E-state index in [-0.39, 0.29) is 81.1 Å². The van der Waals surface area contributed by atoms with Gasteiger partial charge in [-0.15, -0.1) is 0 Å². The molecule has 0 aromatic rings. The number of Topliss-reactive ketones (excluding diaryl/α,β-unsaturated/α-hetero) is 1. The molecule has 7 rings (SSSR count). The summed E-state index contributed by atoms with van der Waals surface area (Å²) in [5.41, 5.74) is -0.398. The van der Waals surface area contributed by atoms with E-state index in [2.05, 4.69) is 19.7 Å². The van der Waals surface area contributed by atoms with Gasteiger partial charge in [-0.25, -0.2) is 0 Å². The number of fused-ring (bicyclic) bond motifs is 8. The van der Waals surface area contributed by atoms with Crippen molar-refractivity contribution in [2.24, 2.45) is 17.8 Å². The van der Waals surface area contributed by atoms with E-state index in [1.54, 1.807) is 27.9 Å². The maximum atomic E-state index is 14.4. The van der Waals surface area contributed by atoms with Crippen molar-refractivity contribution in [2.75, 3.05) is 7.11 Å². The van der Waals surface area contributed by atoms with Gasteiger partial charge in [0.1, 0.15) is 36.3 Å². The molecule has 23 atom stereocenters. The van der Waals surface area contributed by atoms with E-state index in [1.165, 1.54) is 26.0 Å². The van der Waals surface area contributed by atoms with E-state index in [1.807, 2.05) is 19.1 Å². The largest absolute Gasteiger partial charge is 0.462 e. The summed E-state index contributed by atoms with van der Waals surface area (Å²) in [4.78, 5) is 54.2. The van der Waals surface area contributed by atoms with Crippen molar-refractivity contribution in [2.45, 2.75) is 278 Å². The monoisotopic (exact) mass is 1190 g/mol. The van der Waals surface area contributed by atoms with Gasteiger partial charge >= 0.3 is 17.9 Å². The quantitative estimate of drug-likeness (QED) is 0.0635. The molecule has 20 nitrogen and oxygen atoms in total. The Hall–Kier alpha value is -3.45. The van der Waals surface area contributed by atoms with Crippen molar-refractivity contribution in [3.63, 3.8) is 0 Å². The van der Waals surface area contributed by atoms with Gasteiger partial charge < -0.3 is 78.0 Å². The van der Waals surface area contributed by atoms with Gasteiger partial charge in [0.25, 0.3) is 0 Å². The van der Waals surface area contributed by atoms with E-state index in [0.717, 1.165) is 0 Å². The zero-order valence-electron chi connectivity index (χ0n) is 49.5. The molecule has 0 amide bonds. The number of aliphatic hydroxyl groups excluding tert-OH is 5. The number of rotatable bonds is 9. The topological polar surface area (TPSA) is 282 Å². The number of esters is 3. The molecular weight excluding hydrogens is 1100 g/mol. The number of methoxy groups -OCH3 is 1. The Kier molecular flexibility index (Phi) is 23.5. The molecule has 468 valence electrons. The van der Waals surface area contributed by atoms with Crippen LogP contribution < -0.4 is 0 Å². The molecule has 0 aliphatic carbocycles. The van der Waals surface area contributed by atoms with E-state index in [9.17, 15) is 49.8 Å². The predicted molar refractivity (Wildman–Crippen MR) is 302 cm³/mol. The lowest BCUT2D eigenvalue weighted by Crippen LogP contribution is -2.61. The molecule has 0 radical (unpaired) electrons. The highest BCUT2D eigenvalue weighted by atomic mass is 35.5. The molecule has 7 heterocycles. The van der Waals surface area contributed by atoms with Crippen LogP contribution in [0.3, 0.4) is 0 Å². The van der Waals surface area contributed by atoms with Crippen LogP contribution in [0.1, 0.15) is 157 Å². The summed E-state index contributed by atoms with van der Waals surface area (Å²) in [5, 5.41) is 69.8. The molecule has 83 heavy (non-hydrogen) atoms. The van der Waals surface area contributed by atoms with Gasteiger partial charge in [0.2, 0.25) is 0 Å². The summed E-state index contributed by atoms with van der Waals surface area (Å²) in [6.07, 6.45) is -5.65. The molecule has 6 fully saturated rings. The van der Waals surface area contributed by atoms with Crippen LogP contribution >= 0.6 is 11.6 Å². The Bertz CT molecular complexity index is 2340. The summed E-state index contributed by atoms with van der Waals surface area (Å²) in [6, 6.07) is 0. The molecule has 2 spiro atoms. The van der Waals surface area contributed by atoms with E-state index in [0.29, 0.717) is 56.1 Å². The van der Waals surface area contributed by atoms with E-state index in [4.69, 9.17) is 59.0 Å². The predicted octanol–water partition coefficient (Wildman–Crippen LogP) is 6.34. The second kappa shape index (κ2) is 29.0. The summed E-state index contributed by atoms with van der Waals surface area (Å²) in [5.74, 6) is -7.40. The van der Waals surface area contributed by atoms with E-state index < -0.39 is 157 Å². The number of ketones is 1. The van der Waals surface area contributed by atoms with Crippen molar-refractivity contribution in [1.29, 1.82) is 0 Å². The second-order valence-corrected chi connectivity index (χ2v) is 25.8. The van der Waals surface area contributed by atoms with Gasteiger partial charge in [-0.1, -0.05) is 81.5 Å². The van der Waals surface area contributed by atoms with Gasteiger partial charge in [-0.05, 0) is 57.9 Å². The average Bonchev–Trinajstić information content (AvgIpc) is 2.41. The highest BCUT2D eigenvalue weighted by molar-refractivity contribution is 6.30. The van der Waals surface area contributed by atoms with Crippen LogP contribution in [0.2, 0.25) is 0 Å². The standard InChI is InChI=1S/C62H93ClO20/c1-33(18-41(66)17-16-35(3)63)19-52-55(71)59-38(6)58(78-52)56(72)53-23-42(67)21-44(77-53)14-12-11-13-15-45-22-43(68)28-61(80-45)30-48(74-10)24-46(81-61)26-51(69)37(5)57(76-40(8)65)36(4)34(2)20-50-29-60(9,73)32-62(83-50)31-49(75-39(7)64)25-47(82-62)27-54(70)79-59/h13,15-17,36-38,41-50,52-53,55-59,66-68,71-73H,1-3,11-12,14,18-32H2,4-10H3/b15-13-,17-16+/t36-,37-,38+,41?,42-,43+,44-,45-,46+,47+,48+,49+,50+,52-,53-,55-,56-,57?,58-,59-,60+,61?,62-/m1/s1. The number of carbonyl (C=O) groups excluding carboxylic acids is 4. The molecule has 10 bridgehead atoms. The lowest BCUT2D eigenvalue weighted by atomic mass is 9.78. The highest BCUT2D eigenvalue weighted by Crippen LogP contribution is 2.47. The van der Waals surface area contributed by atoms with Crippen molar-refractivity contribution in [3.05, 3.63) is 60.2 Å². The lowest BCUT2D eigenvalue weighted by Gasteiger charge is -2.52. The highest BCUT2D eigenvalue weighted by Gasteiger charge is 2.55. The molecule has 3 unspecified atom stereocenters. The Balaban J connectivity index is 1.20. The van der Waals surface area contributed by atoms with Crippen molar-refractivity contribution in [3.8, 4) is 0 Å². The number of allylic oxidation sites excluding steroid dienone is 3. The minimum absolute atomic E-state index is 0.00498. The lowest BCUT2D eigenvalue weighted by molar-refractivity contribution is -0.349. The molecule has 0 aromatic heterocycles. The van der Waals surface area contributed by atoms with Gasteiger partial charge in [0.15, 0.2) is 11.6 Å². The number of hydrogen-bond acceptors (Lipinski definition) is 20. The van der Waals surface area contributed by atoms with Crippen LogP contribution in [0.25, 0.3) is 0 Å². The smallest absolute Gasteiger partial charge is 0.308 e. The normalized spacial score (nSPS) is 43.5. The van der Waals surface area contributed by atoms with Gasteiger partial charge in [-0.3, -0.25) is 19.2 Å². The number of hydrogen-bond donors (Lipinski definition) is 6. The maximum absolute atomic E-state index is 14.4. The molecule has 0 saturated carbocycles. The molecule has 6 N–H and O–H groups in total. The van der Waals surface area contributed by atoms with Crippen molar-refractivity contribution >= 4 is 35.3 Å². The molecule has 7 aliphatic rings. The fourth-order valence-electron chi connectivity index (χ4n) is 13.9. The van der Waals surface area contributed by atoms with E-state index >= 15 is 0 Å². The first-order valence-corrected chi connectivity index (χ1v) is 30.2. The van der Waals surface area contributed by atoms with Crippen LogP contribution in [-0.4, -0.2) is 182 Å². The first-order chi connectivity index (χ1) is 39.0. The minimum Gasteiger partial charge on any atom is -0.462 e. The maximum Gasteiger partial charge on any atom is 0.308 e. The zero-order chi connectivity index (χ0) is 60.7. The number of carbonyl (C=O) groups is 4. The summed E-state index contributed by atoms with van der Waals surface area (Å²) in [6.45, 7) is 21.5. The molecule has 7 aliphatic heterocycles. The first-order valence-electron chi connectivity index (χ1n) is 29.8. The fraction of sp³-hybridized carbons (Fsp3) is 0.774. The Morgan fingerprint density at radius 2 is 1.47 bits per heavy atom. The average molecular weight is 1190 g/mol. The molecule has 21 heteroatoms. The number of aliphatic hydroxyl groups is 6. The van der Waals surface area contributed by atoms with Crippen LogP contribution in [0.15, 0.2) is 60.2 Å². The third kappa shape index (κ3) is 18.5. The van der Waals surface area contributed by atoms with Gasteiger partial charge in [-0.2, -0.15) is 0 Å². The van der Waals surface area contributed by atoms with Crippen molar-refractivity contribution < 1.29 is 97.2 Å². The third-order valence-corrected chi connectivity index (χ3v) is 17.8. The van der Waals surface area contributed by atoms with Crippen LogP contribution in [-0.2, 0) is 66.5 Å². The second-order valence-electron chi connectivity index (χ2n) is 25.3. The summed E-state index contributed by atoms with van der Waals surface area (Å²) in [7, 11) is 1.59. The molecule has 0 aromatic carbocycles. The Morgan fingerprint density at radius 1 is 0.795 bits per heavy atom. The van der Waals surface area contributed by atoms with Crippen molar-refractivity contribution in [1.82, 2.24) is 0 Å². The number of ether oxygens (including phenoxy) is 10. The Labute approximate surface area is 493 Å². The summed E-state index contributed by atoms with van der Waals surface area (Å²) >= 11 is 5.89. The van der Waals surface area contributed by atoms with Crippen LogP contribution in [0.5, 0.6) is 0 Å². The minimum atomic E-state index is -1.60. The Morgan fingerprint density at radius 3 is 2.17 bits per heavy atom. The van der Waals surface area contributed by atoms with Gasteiger partial charge in [0.05, 0.1) is 91.2 Å². The van der Waals surface area contributed by atoms with Crippen LogP contribution in [0.4, 0.5) is 0 Å². The zero-order valence-corrected chi connectivity index (χ0v) is 50.2. The van der Waals surface area contributed by atoms with Gasteiger partial charge in [0, 0.05) is 102 Å². The number of halogens is 1. The first kappa shape index (κ1) is 67.1. The SMILES string of the molecule is C=C(Cl)/C=C/C(O)CC(=C)C[C@H]1O[C@@H]2[C@H](C)[C@@H](OC(=O)C[C@@H]3C[C@H](OC(C)=O)C[C@@]4(C[C@@](C)(O)C[C@H](CC(=C)[C@@H](C)C(OC(C)=O)[C@H](C)C(=O)C[C@@H]5C[C@H](OC)CC6(C[C@@H](O)C[C@@H](/C=C\CCC[C@@H]7C[C@@H](O)C[C@@H](O7)[C@H]2O)O6)O5)O4)O3)[C@@H]1O. The molecular formula is C62H93ClO20. The van der Waals surface area contributed by atoms with Crippen LogP contribution in [0, 0.1) is 17.8 Å².